The first-order valence-corrected chi connectivity index (χ1v) is 3.90. The molecule has 2 heterocycles. The Kier molecular flexibility index (Phi) is 3.22. The minimum absolute atomic E-state index is 0. The molecule has 2 aromatic rings. The number of fused-ring (bicyclic) bond motifs is 1. The second-order valence-electron chi connectivity index (χ2n) is 2.60. The average molecular weight is 199 g/mol. The van der Waals surface area contributed by atoms with Crippen LogP contribution < -0.4 is 5.73 Å². The normalized spacial score (nSPS) is 9.92. The van der Waals surface area contributed by atoms with E-state index in [1.807, 2.05) is 12.1 Å². The number of hydrogen-bond donors (Lipinski definition) is 2. The summed E-state index contributed by atoms with van der Waals surface area (Å²) in [6.45, 7) is 0.611. The fourth-order valence-corrected chi connectivity index (χ4v) is 1.15. The standard InChI is InChI=1S/C8H10N4.ClH/c9-4-3-7-11-6-2-1-5-10-8(6)12-7;/h1-2,5H,3-4,9H2,(H,10,11,12);1H. The number of nitrogens with zero attached hydrogens (tertiary/aromatic N) is 2. The molecule has 0 aliphatic rings. The molecule has 2 rings (SSSR count). The average Bonchev–Trinajstić information content (AvgIpc) is 2.47. The molecule has 13 heavy (non-hydrogen) atoms. The highest BCUT2D eigenvalue weighted by Gasteiger charge is 2.00. The zero-order valence-electron chi connectivity index (χ0n) is 7.03. The van der Waals surface area contributed by atoms with Gasteiger partial charge in [-0.15, -0.1) is 12.4 Å². The zero-order valence-corrected chi connectivity index (χ0v) is 7.84. The maximum atomic E-state index is 5.40. The van der Waals surface area contributed by atoms with Crippen LogP contribution in [-0.4, -0.2) is 21.5 Å². The van der Waals surface area contributed by atoms with Crippen molar-refractivity contribution in [3.8, 4) is 0 Å². The first kappa shape index (κ1) is 9.95. The third kappa shape index (κ3) is 1.96. The van der Waals surface area contributed by atoms with E-state index in [1.54, 1.807) is 6.20 Å². The molecule has 0 radical (unpaired) electrons. The maximum Gasteiger partial charge on any atom is 0.177 e. The van der Waals surface area contributed by atoms with Gasteiger partial charge in [-0.05, 0) is 18.7 Å². The third-order valence-corrected chi connectivity index (χ3v) is 1.69. The van der Waals surface area contributed by atoms with E-state index in [2.05, 4.69) is 15.0 Å². The summed E-state index contributed by atoms with van der Waals surface area (Å²) in [5, 5.41) is 0. The number of rotatable bonds is 2. The van der Waals surface area contributed by atoms with Crippen LogP contribution in [0.15, 0.2) is 18.3 Å². The monoisotopic (exact) mass is 198 g/mol. The Labute approximate surface area is 82.0 Å². The van der Waals surface area contributed by atoms with Gasteiger partial charge >= 0.3 is 0 Å². The van der Waals surface area contributed by atoms with Crippen LogP contribution in [0.1, 0.15) is 5.82 Å². The van der Waals surface area contributed by atoms with Crippen molar-refractivity contribution in [1.29, 1.82) is 0 Å². The molecule has 0 bridgehead atoms. The Bertz CT molecular complexity index is 351. The number of halogens is 1. The van der Waals surface area contributed by atoms with Gasteiger partial charge in [0.25, 0.3) is 0 Å². The van der Waals surface area contributed by atoms with E-state index in [0.717, 1.165) is 23.4 Å². The Morgan fingerprint density at radius 2 is 2.31 bits per heavy atom. The molecule has 0 aliphatic carbocycles. The van der Waals surface area contributed by atoms with E-state index in [1.165, 1.54) is 0 Å². The van der Waals surface area contributed by atoms with Crippen molar-refractivity contribution in [1.82, 2.24) is 15.0 Å². The number of pyridine rings is 1. The number of nitrogens with one attached hydrogen (secondary N) is 1. The van der Waals surface area contributed by atoms with Crippen LogP contribution in [0.5, 0.6) is 0 Å². The molecule has 0 amide bonds. The second-order valence-corrected chi connectivity index (χ2v) is 2.60. The quantitative estimate of drug-likeness (QED) is 0.753. The highest BCUT2D eigenvalue weighted by Crippen LogP contribution is 2.06. The van der Waals surface area contributed by atoms with Crippen LogP contribution in [-0.2, 0) is 6.42 Å². The summed E-state index contributed by atoms with van der Waals surface area (Å²) in [6.07, 6.45) is 2.51. The summed E-state index contributed by atoms with van der Waals surface area (Å²) in [5.74, 6) is 0.909. The Balaban J connectivity index is 0.000000845. The second kappa shape index (κ2) is 4.20. The lowest BCUT2D eigenvalue weighted by molar-refractivity contribution is 0.899. The SMILES string of the molecule is Cl.NCCc1nc2ncccc2[nH]1. The molecule has 2 aromatic heterocycles. The summed E-state index contributed by atoms with van der Waals surface area (Å²) < 4.78 is 0. The van der Waals surface area contributed by atoms with Gasteiger partial charge in [-0.1, -0.05) is 0 Å². The Morgan fingerprint density at radius 1 is 1.46 bits per heavy atom. The molecule has 0 saturated carbocycles. The van der Waals surface area contributed by atoms with Crippen LogP contribution in [0.2, 0.25) is 0 Å². The molecule has 3 N–H and O–H groups in total. The van der Waals surface area contributed by atoms with Crippen molar-refractivity contribution in [2.45, 2.75) is 6.42 Å². The van der Waals surface area contributed by atoms with Crippen molar-refractivity contribution in [3.63, 3.8) is 0 Å². The van der Waals surface area contributed by atoms with Crippen molar-refractivity contribution >= 4 is 23.6 Å². The van der Waals surface area contributed by atoms with Crippen molar-refractivity contribution in [3.05, 3.63) is 24.2 Å². The van der Waals surface area contributed by atoms with E-state index in [0.29, 0.717) is 6.54 Å². The van der Waals surface area contributed by atoms with Gasteiger partial charge in [0.2, 0.25) is 0 Å². The molecule has 0 atom stereocenters. The predicted octanol–water partition coefficient (Wildman–Crippen LogP) is 0.881. The largest absolute Gasteiger partial charge is 0.341 e. The fourth-order valence-electron chi connectivity index (χ4n) is 1.15. The topological polar surface area (TPSA) is 67.6 Å². The Hall–Kier alpha value is -1.13. The predicted molar refractivity (Wildman–Crippen MR) is 53.9 cm³/mol. The molecule has 0 unspecified atom stereocenters. The number of hydrogen-bond acceptors (Lipinski definition) is 3. The van der Waals surface area contributed by atoms with Crippen molar-refractivity contribution < 1.29 is 0 Å². The van der Waals surface area contributed by atoms with Crippen LogP contribution in [0.3, 0.4) is 0 Å². The summed E-state index contributed by atoms with van der Waals surface area (Å²) >= 11 is 0. The van der Waals surface area contributed by atoms with Crippen LogP contribution >= 0.6 is 12.4 Å². The van der Waals surface area contributed by atoms with Crippen molar-refractivity contribution in [2.24, 2.45) is 5.73 Å². The van der Waals surface area contributed by atoms with Crippen LogP contribution in [0, 0.1) is 0 Å². The number of nitrogens with two attached hydrogens (primary N) is 1. The number of aromatic nitrogens is 3. The molecule has 0 aromatic carbocycles. The number of aromatic amines is 1. The van der Waals surface area contributed by atoms with Gasteiger partial charge in [-0.2, -0.15) is 0 Å². The van der Waals surface area contributed by atoms with Crippen LogP contribution in [0.25, 0.3) is 11.2 Å². The van der Waals surface area contributed by atoms with Crippen LogP contribution in [0.4, 0.5) is 0 Å². The first-order valence-electron chi connectivity index (χ1n) is 3.90. The van der Waals surface area contributed by atoms with Gasteiger partial charge in [0, 0.05) is 12.6 Å². The summed E-state index contributed by atoms with van der Waals surface area (Å²) in [5.41, 5.74) is 7.14. The van der Waals surface area contributed by atoms with Gasteiger partial charge in [0.05, 0.1) is 5.52 Å². The van der Waals surface area contributed by atoms with E-state index < -0.39 is 0 Å². The van der Waals surface area contributed by atoms with E-state index in [9.17, 15) is 0 Å². The molecule has 4 nitrogen and oxygen atoms in total. The number of H-pyrrole nitrogens is 1. The molecular weight excluding hydrogens is 188 g/mol. The molecule has 5 heteroatoms. The van der Waals surface area contributed by atoms with E-state index >= 15 is 0 Å². The molecule has 0 saturated heterocycles. The minimum Gasteiger partial charge on any atom is -0.341 e. The maximum absolute atomic E-state index is 5.40. The van der Waals surface area contributed by atoms with Crippen molar-refractivity contribution in [2.75, 3.05) is 6.54 Å². The van der Waals surface area contributed by atoms with E-state index in [4.69, 9.17) is 5.73 Å². The fraction of sp³-hybridized carbons (Fsp3) is 0.250. The lowest BCUT2D eigenvalue weighted by atomic mass is 10.4. The van der Waals surface area contributed by atoms with E-state index in [-0.39, 0.29) is 12.4 Å². The lowest BCUT2D eigenvalue weighted by Gasteiger charge is -1.86. The lowest BCUT2D eigenvalue weighted by Crippen LogP contribution is -2.03. The zero-order chi connectivity index (χ0) is 8.39. The third-order valence-electron chi connectivity index (χ3n) is 1.69. The van der Waals surface area contributed by atoms with Gasteiger partial charge in [0.15, 0.2) is 5.65 Å². The smallest absolute Gasteiger partial charge is 0.177 e. The highest BCUT2D eigenvalue weighted by atomic mass is 35.5. The van der Waals surface area contributed by atoms with Gasteiger partial charge in [-0.25, -0.2) is 9.97 Å². The first-order chi connectivity index (χ1) is 5.90. The summed E-state index contributed by atoms with van der Waals surface area (Å²) in [6, 6.07) is 3.84. The number of imidazole rings is 1. The minimum atomic E-state index is 0. The summed E-state index contributed by atoms with van der Waals surface area (Å²) in [7, 11) is 0. The highest BCUT2D eigenvalue weighted by molar-refractivity contribution is 5.85. The van der Waals surface area contributed by atoms with Gasteiger partial charge < -0.3 is 10.7 Å². The van der Waals surface area contributed by atoms with Gasteiger partial charge in [0.1, 0.15) is 5.82 Å². The molecule has 0 aliphatic heterocycles. The molecule has 0 fully saturated rings. The Morgan fingerprint density at radius 3 is 3.00 bits per heavy atom. The van der Waals surface area contributed by atoms with Gasteiger partial charge in [-0.3, -0.25) is 0 Å². The molecule has 70 valence electrons. The summed E-state index contributed by atoms with van der Waals surface area (Å²) in [4.78, 5) is 11.5. The molecular formula is C8H11ClN4. The molecule has 0 spiro atoms.